The number of amides is 1. The Hall–Kier alpha value is -1.85. The lowest BCUT2D eigenvalue weighted by molar-refractivity contribution is -0.0999. The van der Waals surface area contributed by atoms with Crippen molar-refractivity contribution in [2.75, 3.05) is 13.1 Å². The van der Waals surface area contributed by atoms with Gasteiger partial charge in [0, 0.05) is 35.2 Å². The molecule has 5 nitrogen and oxygen atoms in total. The fourth-order valence-electron chi connectivity index (χ4n) is 2.99. The Morgan fingerprint density at radius 3 is 2.82 bits per heavy atom. The van der Waals surface area contributed by atoms with Gasteiger partial charge in [0.25, 0.3) is 5.91 Å². The van der Waals surface area contributed by atoms with Gasteiger partial charge in [0.15, 0.2) is 0 Å². The second-order valence-electron chi connectivity index (χ2n) is 6.51. The molecule has 1 aliphatic heterocycles. The number of aromatic amines is 1. The average Bonchev–Trinajstić information content (AvgIpc) is 2.76. The maximum absolute atomic E-state index is 12.6. The van der Waals surface area contributed by atoms with Crippen LogP contribution in [-0.4, -0.2) is 50.8 Å². The lowest BCUT2D eigenvalue weighted by Crippen LogP contribution is -2.55. The molecule has 2 aromatic rings. The summed E-state index contributed by atoms with van der Waals surface area (Å²) in [7, 11) is 0. The highest BCUT2D eigenvalue weighted by molar-refractivity contribution is 5.99. The Bertz CT molecular complexity index is 733. The number of carbonyl (C=O) groups excluding carboxylic acids is 1. The van der Waals surface area contributed by atoms with Gasteiger partial charge in [-0.2, -0.15) is 0 Å². The molecule has 0 radical (unpaired) electrons. The Balaban J connectivity index is 1.88. The van der Waals surface area contributed by atoms with Crippen molar-refractivity contribution in [2.24, 2.45) is 0 Å². The zero-order chi connectivity index (χ0) is 16.1. The van der Waals surface area contributed by atoms with E-state index in [2.05, 4.69) is 4.98 Å². The van der Waals surface area contributed by atoms with Gasteiger partial charge in [0.2, 0.25) is 0 Å². The number of nitrogens with zero attached hydrogens (tertiary/aromatic N) is 1. The van der Waals surface area contributed by atoms with E-state index in [1.54, 1.807) is 17.9 Å². The lowest BCUT2D eigenvalue weighted by atomic mass is 9.90. The number of carbonyl (C=O) groups is 1. The van der Waals surface area contributed by atoms with Gasteiger partial charge in [-0.25, -0.2) is 0 Å². The van der Waals surface area contributed by atoms with Crippen LogP contribution in [0.3, 0.4) is 0 Å². The van der Waals surface area contributed by atoms with Gasteiger partial charge < -0.3 is 20.1 Å². The monoisotopic (exact) mass is 302 g/mol. The highest BCUT2D eigenvalue weighted by Gasteiger charge is 2.38. The van der Waals surface area contributed by atoms with E-state index < -0.39 is 11.7 Å². The number of benzene rings is 1. The van der Waals surface area contributed by atoms with Crippen LogP contribution in [0.5, 0.6) is 0 Å². The summed E-state index contributed by atoms with van der Waals surface area (Å²) in [6.45, 7) is 6.27. The molecular formula is C17H22N2O3. The predicted molar refractivity (Wildman–Crippen MR) is 84.9 cm³/mol. The summed E-state index contributed by atoms with van der Waals surface area (Å²) in [5.41, 5.74) is 2.77. The molecule has 0 spiro atoms. The summed E-state index contributed by atoms with van der Waals surface area (Å²) in [5.74, 6) is -0.102. The van der Waals surface area contributed by atoms with Crippen LogP contribution >= 0.6 is 0 Å². The largest absolute Gasteiger partial charge is 0.388 e. The molecule has 0 unspecified atom stereocenters. The Labute approximate surface area is 129 Å². The van der Waals surface area contributed by atoms with Crippen molar-refractivity contribution >= 4 is 16.8 Å². The minimum absolute atomic E-state index is 0.102. The number of likely N-dealkylation sites (tertiary alicyclic amines) is 1. The number of rotatable bonds is 1. The standard InChI is InChI=1S/C17H22N2O3/c1-10-11(2)18-14-5-4-12(8-13(10)14)16(21)19-7-6-17(3,22)15(20)9-19/h4-5,8,15,18,20,22H,6-7,9H2,1-3H3/t15-,17+/m1/s1. The molecule has 1 fully saturated rings. The number of nitrogens with one attached hydrogen (secondary N) is 1. The first-order valence-electron chi connectivity index (χ1n) is 7.58. The number of H-pyrrole nitrogens is 1. The number of aromatic nitrogens is 1. The van der Waals surface area contributed by atoms with E-state index in [0.29, 0.717) is 18.5 Å². The van der Waals surface area contributed by atoms with Crippen molar-refractivity contribution in [2.45, 2.75) is 38.9 Å². The van der Waals surface area contributed by atoms with Crippen LogP contribution in [0.2, 0.25) is 0 Å². The van der Waals surface area contributed by atoms with Gasteiger partial charge in [-0.3, -0.25) is 4.79 Å². The summed E-state index contributed by atoms with van der Waals surface area (Å²) >= 11 is 0. The molecule has 5 heteroatoms. The van der Waals surface area contributed by atoms with E-state index in [1.807, 2.05) is 26.0 Å². The molecule has 2 atom stereocenters. The highest BCUT2D eigenvalue weighted by atomic mass is 16.3. The molecule has 1 aliphatic rings. The second-order valence-corrected chi connectivity index (χ2v) is 6.51. The van der Waals surface area contributed by atoms with E-state index in [4.69, 9.17) is 0 Å². The first-order valence-corrected chi connectivity index (χ1v) is 7.58. The molecule has 3 N–H and O–H groups in total. The van der Waals surface area contributed by atoms with Crippen LogP contribution in [0.4, 0.5) is 0 Å². The van der Waals surface area contributed by atoms with Crippen molar-refractivity contribution < 1.29 is 15.0 Å². The number of aryl methyl sites for hydroxylation is 2. The maximum atomic E-state index is 12.6. The zero-order valence-electron chi connectivity index (χ0n) is 13.2. The third kappa shape index (κ3) is 2.40. The number of fused-ring (bicyclic) bond motifs is 1. The molecule has 1 saturated heterocycles. The fourth-order valence-corrected chi connectivity index (χ4v) is 2.99. The van der Waals surface area contributed by atoms with Gasteiger partial charge >= 0.3 is 0 Å². The van der Waals surface area contributed by atoms with Crippen LogP contribution in [0.15, 0.2) is 18.2 Å². The SMILES string of the molecule is Cc1[nH]c2ccc(C(=O)N3CC[C@](C)(O)[C@H](O)C3)cc2c1C. The highest BCUT2D eigenvalue weighted by Crippen LogP contribution is 2.26. The molecule has 2 heterocycles. The normalized spacial score (nSPS) is 25.7. The first kappa shape index (κ1) is 15.1. The molecule has 3 rings (SSSR count). The fraction of sp³-hybridized carbons (Fsp3) is 0.471. The summed E-state index contributed by atoms with van der Waals surface area (Å²) < 4.78 is 0. The average molecular weight is 302 g/mol. The minimum Gasteiger partial charge on any atom is -0.388 e. The van der Waals surface area contributed by atoms with Crippen LogP contribution in [0.1, 0.15) is 35.0 Å². The van der Waals surface area contributed by atoms with Crippen molar-refractivity contribution in [3.8, 4) is 0 Å². The Morgan fingerprint density at radius 1 is 1.41 bits per heavy atom. The van der Waals surface area contributed by atoms with E-state index in [0.717, 1.165) is 22.2 Å². The van der Waals surface area contributed by atoms with E-state index in [9.17, 15) is 15.0 Å². The number of aliphatic hydroxyl groups is 2. The first-order chi connectivity index (χ1) is 10.3. The molecule has 1 amide bonds. The molecule has 0 aliphatic carbocycles. The molecular weight excluding hydrogens is 280 g/mol. The smallest absolute Gasteiger partial charge is 0.253 e. The molecule has 1 aromatic heterocycles. The molecule has 22 heavy (non-hydrogen) atoms. The van der Waals surface area contributed by atoms with Crippen molar-refractivity contribution in [1.29, 1.82) is 0 Å². The zero-order valence-corrected chi connectivity index (χ0v) is 13.2. The molecule has 0 bridgehead atoms. The Kier molecular flexibility index (Phi) is 3.50. The molecule has 118 valence electrons. The number of piperidine rings is 1. The van der Waals surface area contributed by atoms with E-state index in [-0.39, 0.29) is 12.5 Å². The van der Waals surface area contributed by atoms with Crippen LogP contribution < -0.4 is 0 Å². The van der Waals surface area contributed by atoms with Crippen LogP contribution in [-0.2, 0) is 0 Å². The number of hydrogen-bond donors (Lipinski definition) is 3. The second kappa shape index (κ2) is 5.11. The van der Waals surface area contributed by atoms with Crippen LogP contribution in [0, 0.1) is 13.8 Å². The number of hydrogen-bond acceptors (Lipinski definition) is 3. The summed E-state index contributed by atoms with van der Waals surface area (Å²) in [4.78, 5) is 17.5. The summed E-state index contributed by atoms with van der Waals surface area (Å²) in [6, 6.07) is 5.62. The van der Waals surface area contributed by atoms with Crippen molar-refractivity contribution in [1.82, 2.24) is 9.88 Å². The summed E-state index contributed by atoms with van der Waals surface area (Å²) in [5, 5.41) is 21.0. The summed E-state index contributed by atoms with van der Waals surface area (Å²) in [6.07, 6.45) is -0.532. The number of aliphatic hydroxyl groups excluding tert-OH is 1. The maximum Gasteiger partial charge on any atom is 0.253 e. The van der Waals surface area contributed by atoms with Gasteiger partial charge in [0.1, 0.15) is 0 Å². The Morgan fingerprint density at radius 2 is 2.14 bits per heavy atom. The quantitative estimate of drug-likeness (QED) is 0.751. The van der Waals surface area contributed by atoms with Gasteiger partial charge in [-0.1, -0.05) is 0 Å². The van der Waals surface area contributed by atoms with Gasteiger partial charge in [-0.15, -0.1) is 0 Å². The van der Waals surface area contributed by atoms with Gasteiger partial charge in [-0.05, 0) is 51.0 Å². The number of β-amino-alcohol motifs (C(OH)–C–C–N with tert-alkyl or cyclic N) is 1. The third-order valence-electron chi connectivity index (χ3n) is 4.84. The van der Waals surface area contributed by atoms with E-state index in [1.165, 1.54) is 0 Å². The molecule has 1 aromatic carbocycles. The van der Waals surface area contributed by atoms with E-state index >= 15 is 0 Å². The predicted octanol–water partition coefficient (Wildman–Crippen LogP) is 1.74. The molecule has 0 saturated carbocycles. The van der Waals surface area contributed by atoms with Gasteiger partial charge in [0.05, 0.1) is 11.7 Å². The van der Waals surface area contributed by atoms with Crippen LogP contribution in [0.25, 0.3) is 10.9 Å². The van der Waals surface area contributed by atoms with Crippen molar-refractivity contribution in [3.05, 3.63) is 35.0 Å². The minimum atomic E-state index is -1.12. The third-order valence-corrected chi connectivity index (χ3v) is 4.84. The van der Waals surface area contributed by atoms with Crippen molar-refractivity contribution in [3.63, 3.8) is 0 Å². The topological polar surface area (TPSA) is 76.6 Å². The lowest BCUT2D eigenvalue weighted by Gasteiger charge is -2.39.